The number of amides is 2. The van der Waals surface area contributed by atoms with Crippen molar-refractivity contribution in [2.75, 3.05) is 66.1 Å². The van der Waals surface area contributed by atoms with Crippen molar-refractivity contribution in [3.05, 3.63) is 171 Å². The first-order valence-electron chi connectivity index (χ1n) is 25.3. The van der Waals surface area contributed by atoms with Gasteiger partial charge in [-0.1, -0.05) is 84.9 Å². The van der Waals surface area contributed by atoms with Gasteiger partial charge in [-0.25, -0.2) is 4.79 Å². The van der Waals surface area contributed by atoms with Crippen LogP contribution < -0.4 is 20.3 Å². The predicted octanol–water partition coefficient (Wildman–Crippen LogP) is 6.68. The summed E-state index contributed by atoms with van der Waals surface area (Å²) in [6.07, 6.45) is 4.16. The molecule has 2 atom stereocenters. The number of esters is 1. The molecule has 2 amide bonds. The third-order valence-corrected chi connectivity index (χ3v) is 15.2. The average Bonchev–Trinajstić information content (AvgIpc) is 3.43. The minimum Gasteiger partial charge on any atom is -0.506 e. The van der Waals surface area contributed by atoms with E-state index >= 15 is 0 Å². The number of H-pyrrole nitrogens is 1. The van der Waals surface area contributed by atoms with E-state index in [9.17, 15) is 34.5 Å². The van der Waals surface area contributed by atoms with Crippen LogP contribution in [0.25, 0.3) is 10.9 Å². The number of aromatic nitrogens is 1. The van der Waals surface area contributed by atoms with Crippen LogP contribution in [0.15, 0.2) is 132 Å². The van der Waals surface area contributed by atoms with Crippen molar-refractivity contribution >= 4 is 28.7 Å². The van der Waals surface area contributed by atoms with Crippen molar-refractivity contribution in [2.24, 2.45) is 11.3 Å². The number of phenolic OH excluding ortho intramolecular Hbond substituents is 1. The molecule has 0 bridgehead atoms. The first-order chi connectivity index (χ1) is 35.4. The number of aromatic hydroxyl groups is 1. The average molecular weight is 992 g/mol. The zero-order chi connectivity index (χ0) is 51.0. The molecule has 0 radical (unpaired) electrons. The molecule has 1 aromatic heterocycles. The van der Waals surface area contributed by atoms with Gasteiger partial charge < -0.3 is 49.6 Å². The topological polar surface area (TPSA) is 194 Å². The van der Waals surface area contributed by atoms with Crippen LogP contribution in [0.1, 0.15) is 82.8 Å². The van der Waals surface area contributed by atoms with Crippen molar-refractivity contribution in [3.8, 4) is 17.2 Å². The van der Waals surface area contributed by atoms with E-state index in [-0.39, 0.29) is 65.3 Å². The largest absolute Gasteiger partial charge is 0.506 e. The van der Waals surface area contributed by atoms with Crippen LogP contribution in [-0.2, 0) is 33.0 Å². The second-order valence-electron chi connectivity index (χ2n) is 19.8. The maximum absolute atomic E-state index is 14.0. The zero-order valence-electron chi connectivity index (χ0n) is 41.3. The number of hydrogen-bond acceptors (Lipinski definition) is 12. The van der Waals surface area contributed by atoms with Crippen LogP contribution in [0.3, 0.4) is 0 Å². The lowest BCUT2D eigenvalue weighted by Gasteiger charge is -2.46. The number of aliphatic hydroxyl groups is 2. The van der Waals surface area contributed by atoms with E-state index in [1.54, 1.807) is 79.9 Å². The van der Waals surface area contributed by atoms with E-state index in [0.29, 0.717) is 66.3 Å². The normalized spacial score (nSPS) is 17.5. The van der Waals surface area contributed by atoms with E-state index in [0.717, 1.165) is 63.7 Å². The van der Waals surface area contributed by atoms with Crippen LogP contribution in [0.5, 0.6) is 17.2 Å². The molecule has 3 saturated heterocycles. The van der Waals surface area contributed by atoms with Crippen LogP contribution in [-0.4, -0.2) is 119 Å². The lowest BCUT2D eigenvalue weighted by atomic mass is 9.71. The van der Waals surface area contributed by atoms with Gasteiger partial charge in [-0.2, -0.15) is 0 Å². The fourth-order valence-electron chi connectivity index (χ4n) is 10.7. The van der Waals surface area contributed by atoms with E-state index in [1.807, 2.05) is 28.0 Å². The van der Waals surface area contributed by atoms with Gasteiger partial charge in [-0.3, -0.25) is 19.3 Å². The van der Waals surface area contributed by atoms with Crippen molar-refractivity contribution in [1.82, 2.24) is 25.0 Å². The number of methoxy groups -OCH3 is 1. The van der Waals surface area contributed by atoms with Gasteiger partial charge in [-0.05, 0) is 116 Å². The summed E-state index contributed by atoms with van der Waals surface area (Å²) in [7, 11) is 1.56. The Hall–Kier alpha value is -7.04. The third-order valence-electron chi connectivity index (χ3n) is 15.2. The minimum atomic E-state index is -2.10. The number of hydrogen-bond donors (Lipinski definition) is 5. The van der Waals surface area contributed by atoms with E-state index < -0.39 is 17.7 Å². The number of aromatic amines is 1. The molecule has 5 aromatic carbocycles. The lowest BCUT2D eigenvalue weighted by Crippen LogP contribution is -2.50. The van der Waals surface area contributed by atoms with Crippen LogP contribution in [0, 0.1) is 11.3 Å². The van der Waals surface area contributed by atoms with E-state index in [4.69, 9.17) is 14.2 Å². The van der Waals surface area contributed by atoms with Gasteiger partial charge in [0, 0.05) is 74.0 Å². The Balaban J connectivity index is 0.732. The molecule has 15 heteroatoms. The fraction of sp³-hybridized carbons (Fsp3) is 0.379. The Morgan fingerprint density at radius 2 is 1.48 bits per heavy atom. The Morgan fingerprint density at radius 3 is 2.19 bits per heavy atom. The summed E-state index contributed by atoms with van der Waals surface area (Å²) < 4.78 is 17.6. The second kappa shape index (κ2) is 22.8. The molecule has 0 saturated carbocycles. The highest BCUT2D eigenvalue weighted by molar-refractivity contribution is 5.95. The maximum atomic E-state index is 14.0. The smallest absolute Gasteiger partial charge is 0.347 e. The number of likely N-dealkylation sites (tertiary alicyclic amines) is 3. The summed E-state index contributed by atoms with van der Waals surface area (Å²) >= 11 is 0. The summed E-state index contributed by atoms with van der Waals surface area (Å²) in [5.41, 5.74) is 1.69. The molecule has 73 heavy (non-hydrogen) atoms. The molecule has 3 aliphatic heterocycles. The maximum Gasteiger partial charge on any atom is 0.347 e. The number of aliphatic hydroxyl groups excluding tert-OH is 1. The first-order valence-corrected chi connectivity index (χ1v) is 25.3. The zero-order valence-corrected chi connectivity index (χ0v) is 41.3. The summed E-state index contributed by atoms with van der Waals surface area (Å²) in [6.45, 7) is 5.62. The molecule has 6 aromatic rings. The Morgan fingerprint density at radius 1 is 0.795 bits per heavy atom. The van der Waals surface area contributed by atoms with Crippen LogP contribution in [0.2, 0.25) is 0 Å². The Labute approximate surface area is 425 Å². The number of nitrogens with one attached hydrogen (secondary N) is 2. The number of phenols is 1. The van der Waals surface area contributed by atoms with Gasteiger partial charge in [0.1, 0.15) is 17.2 Å². The molecular formula is C58H65N5O10. The highest BCUT2D eigenvalue weighted by Gasteiger charge is 2.43. The molecule has 4 heterocycles. The molecular weight excluding hydrogens is 927 g/mol. The van der Waals surface area contributed by atoms with Gasteiger partial charge in [0.15, 0.2) is 6.61 Å². The SMILES string of the molecule is COc1cc(C(=O)N2CCC3(CCN(C(=O)COc4cccc([C@](O)(C(=O)OCC5CCN(Cc6ccccc6)CC5)c5ccccc5)c4)CC3)CC2)ccc1CNC[C@H](O)c1ccc(O)c2[nH]c(=O)ccc12. The number of carbonyl (C=O) groups excluding carboxylic acids is 3. The Bertz CT molecular complexity index is 2920. The van der Waals surface area contributed by atoms with Crippen molar-refractivity contribution in [3.63, 3.8) is 0 Å². The summed E-state index contributed by atoms with van der Waals surface area (Å²) in [6, 6.07) is 37.3. The van der Waals surface area contributed by atoms with Crippen molar-refractivity contribution in [2.45, 2.75) is 63.3 Å². The number of rotatable bonds is 17. The molecule has 1 spiro atoms. The number of pyridine rings is 1. The molecule has 3 aliphatic rings. The number of nitrogens with zero attached hydrogens (tertiary/aromatic N) is 3. The molecule has 0 aliphatic carbocycles. The van der Waals surface area contributed by atoms with Crippen LogP contribution in [0.4, 0.5) is 0 Å². The number of benzene rings is 5. The highest BCUT2D eigenvalue weighted by Crippen LogP contribution is 2.42. The lowest BCUT2D eigenvalue weighted by molar-refractivity contribution is -0.164. The van der Waals surface area contributed by atoms with Crippen LogP contribution >= 0.6 is 0 Å². The quantitative estimate of drug-likeness (QED) is 0.0610. The van der Waals surface area contributed by atoms with Gasteiger partial charge in [0.25, 0.3) is 11.8 Å². The van der Waals surface area contributed by atoms with Gasteiger partial charge in [0.2, 0.25) is 11.2 Å². The molecule has 382 valence electrons. The monoisotopic (exact) mass is 991 g/mol. The van der Waals surface area contributed by atoms with Gasteiger partial charge in [-0.15, -0.1) is 0 Å². The third kappa shape index (κ3) is 11.8. The number of fused-ring (bicyclic) bond motifs is 1. The van der Waals surface area contributed by atoms with Gasteiger partial charge >= 0.3 is 5.97 Å². The standard InChI is InChI=1S/C58H65N5O10/c1-71-51-33-42(15-16-43(51)35-59-36-50(65)47-17-19-49(64)54-48(47)18-20-52(66)60-54)55(68)63-31-25-57(26-32-63)23-29-62(30-24-57)53(67)39-72-46-14-8-13-45(34-46)58(70,44-11-6-3-7-12-44)56(69)73-38-41-21-27-61(28-22-41)37-40-9-4-2-5-10-40/h2-20,33-34,41,50,59,64-65,70H,21-32,35-39H2,1H3,(H,60,66)/t50-,58-/m0/s1. The van der Waals surface area contributed by atoms with E-state index in [1.165, 1.54) is 17.7 Å². The molecule has 3 fully saturated rings. The Kier molecular flexibility index (Phi) is 15.9. The molecule has 15 nitrogen and oxygen atoms in total. The molecule has 5 N–H and O–H groups in total. The summed E-state index contributed by atoms with van der Waals surface area (Å²) in [4.78, 5) is 61.9. The fourth-order valence-corrected chi connectivity index (χ4v) is 10.7. The summed E-state index contributed by atoms with van der Waals surface area (Å²) in [5, 5.41) is 37.3. The molecule has 9 rings (SSSR count). The predicted molar refractivity (Wildman–Crippen MR) is 276 cm³/mol. The first kappa shape index (κ1) is 50.9. The van der Waals surface area contributed by atoms with Gasteiger partial charge in [0.05, 0.1) is 25.3 Å². The van der Waals surface area contributed by atoms with Crippen molar-refractivity contribution < 1.29 is 43.9 Å². The number of piperidine rings is 3. The van der Waals surface area contributed by atoms with E-state index in [2.05, 4.69) is 39.5 Å². The van der Waals surface area contributed by atoms with Crippen molar-refractivity contribution in [1.29, 1.82) is 0 Å². The summed E-state index contributed by atoms with van der Waals surface area (Å²) in [5.74, 6) is 0.0387. The second-order valence-corrected chi connectivity index (χ2v) is 19.8. The highest BCUT2D eigenvalue weighted by atomic mass is 16.6. The number of carbonyl (C=O) groups is 3. The molecule has 0 unspecified atom stereocenters. The minimum absolute atomic E-state index is 0.0282. The number of ether oxygens (including phenoxy) is 3.